The highest BCUT2D eigenvalue weighted by molar-refractivity contribution is 5.99. The van der Waals surface area contributed by atoms with E-state index >= 15 is 0 Å². The summed E-state index contributed by atoms with van der Waals surface area (Å²) in [6, 6.07) is 8.99. The average Bonchev–Trinajstić information content (AvgIpc) is 2.37. The van der Waals surface area contributed by atoms with Crippen molar-refractivity contribution in [1.29, 1.82) is 0 Å². The van der Waals surface area contributed by atoms with Crippen molar-refractivity contribution in [2.24, 2.45) is 0 Å². The fourth-order valence-electron chi connectivity index (χ4n) is 2.13. The van der Waals surface area contributed by atoms with Crippen LogP contribution in [0.1, 0.15) is 32.3 Å². The topological polar surface area (TPSA) is 69.7 Å². The van der Waals surface area contributed by atoms with Gasteiger partial charge in [-0.3, -0.25) is 9.59 Å². The van der Waals surface area contributed by atoms with Crippen molar-refractivity contribution in [2.45, 2.75) is 32.5 Å². The van der Waals surface area contributed by atoms with Gasteiger partial charge in [0.25, 0.3) is 5.79 Å². The maximum Gasteiger partial charge on any atom is 0.337 e. The number of hydrogen-bond donors (Lipinski definition) is 0. The highest BCUT2D eigenvalue weighted by Gasteiger charge is 2.37. The summed E-state index contributed by atoms with van der Waals surface area (Å²) in [6.45, 7) is 2.96. The van der Waals surface area contributed by atoms with Crippen LogP contribution >= 0.6 is 0 Å². The minimum absolute atomic E-state index is 0.100. The number of rotatable bonds is 5. The van der Waals surface area contributed by atoms with Gasteiger partial charge in [-0.25, -0.2) is 4.79 Å². The van der Waals surface area contributed by atoms with E-state index in [2.05, 4.69) is 0 Å². The van der Waals surface area contributed by atoms with Gasteiger partial charge in [0.15, 0.2) is 0 Å². The van der Waals surface area contributed by atoms with Gasteiger partial charge >= 0.3 is 5.97 Å². The first-order valence-corrected chi connectivity index (χ1v) is 6.58. The molecular formula is C16H16O5. The van der Waals surface area contributed by atoms with Crippen LogP contribution in [0.3, 0.4) is 0 Å². The highest BCUT2D eigenvalue weighted by atomic mass is 16.7. The Morgan fingerprint density at radius 3 is 2.43 bits per heavy atom. The van der Waals surface area contributed by atoms with Crippen molar-refractivity contribution in [1.82, 2.24) is 0 Å². The summed E-state index contributed by atoms with van der Waals surface area (Å²) in [5.41, 5.74) is 0.669. The molecule has 0 saturated carbocycles. The molecule has 1 aromatic rings. The fourth-order valence-corrected chi connectivity index (χ4v) is 2.13. The molecule has 0 aliphatic carbocycles. The molecule has 0 amide bonds. The molecule has 1 aliphatic heterocycles. The Labute approximate surface area is 122 Å². The predicted molar refractivity (Wildman–Crippen MR) is 74.0 cm³/mol. The predicted octanol–water partition coefficient (Wildman–Crippen LogP) is 2.25. The maximum atomic E-state index is 11.7. The SMILES string of the molecule is CC(=O)CC(=O)CC1=CC(=O)OC(C)(c2ccccc2)O1. The third-order valence-electron chi connectivity index (χ3n) is 3.02. The standard InChI is InChI=1S/C16H16O5/c1-11(17)8-13(18)9-14-10-15(19)21-16(2,20-14)12-6-4-3-5-7-12/h3-7,10H,8-9H2,1-2H3. The molecule has 1 aliphatic rings. The molecule has 0 fully saturated rings. The van der Waals surface area contributed by atoms with Crippen LogP contribution in [0, 0.1) is 0 Å². The van der Waals surface area contributed by atoms with Crippen molar-refractivity contribution < 1.29 is 23.9 Å². The summed E-state index contributed by atoms with van der Waals surface area (Å²) in [6.07, 6.45) is 0.873. The van der Waals surface area contributed by atoms with Gasteiger partial charge in [0.2, 0.25) is 0 Å². The van der Waals surface area contributed by atoms with Crippen LogP contribution in [-0.2, 0) is 29.6 Å². The number of carbonyl (C=O) groups is 3. The fraction of sp³-hybridized carbons (Fsp3) is 0.312. The van der Waals surface area contributed by atoms with Crippen LogP contribution in [0.25, 0.3) is 0 Å². The first-order chi connectivity index (χ1) is 9.89. The van der Waals surface area contributed by atoms with Crippen molar-refractivity contribution in [3.05, 3.63) is 47.7 Å². The lowest BCUT2D eigenvalue weighted by Gasteiger charge is -2.34. The first-order valence-electron chi connectivity index (χ1n) is 6.58. The molecule has 0 N–H and O–H groups in total. The smallest absolute Gasteiger partial charge is 0.337 e. The largest absolute Gasteiger partial charge is 0.452 e. The molecule has 1 unspecified atom stereocenters. The Morgan fingerprint density at radius 1 is 1.14 bits per heavy atom. The number of ether oxygens (including phenoxy) is 2. The summed E-state index contributed by atoms with van der Waals surface area (Å²) in [7, 11) is 0. The van der Waals surface area contributed by atoms with Gasteiger partial charge in [0.1, 0.15) is 17.3 Å². The van der Waals surface area contributed by atoms with E-state index in [4.69, 9.17) is 9.47 Å². The minimum atomic E-state index is -1.26. The lowest BCUT2D eigenvalue weighted by atomic mass is 10.1. The van der Waals surface area contributed by atoms with Crippen LogP contribution in [0.15, 0.2) is 42.2 Å². The van der Waals surface area contributed by atoms with Crippen LogP contribution in [0.4, 0.5) is 0 Å². The summed E-state index contributed by atoms with van der Waals surface area (Å²) < 4.78 is 10.9. The van der Waals surface area contributed by atoms with Gasteiger partial charge in [0, 0.05) is 12.5 Å². The maximum absolute atomic E-state index is 11.7. The van der Waals surface area contributed by atoms with Crippen LogP contribution in [0.2, 0.25) is 0 Å². The summed E-state index contributed by atoms with van der Waals surface area (Å²) in [5.74, 6) is -2.13. The van der Waals surface area contributed by atoms with Crippen LogP contribution in [0.5, 0.6) is 0 Å². The number of ketones is 2. The molecule has 2 rings (SSSR count). The number of benzene rings is 1. The monoisotopic (exact) mass is 288 g/mol. The van der Waals surface area contributed by atoms with Gasteiger partial charge in [-0.1, -0.05) is 30.3 Å². The number of esters is 1. The molecular weight excluding hydrogens is 272 g/mol. The number of carbonyl (C=O) groups excluding carboxylic acids is 3. The Morgan fingerprint density at radius 2 is 1.81 bits per heavy atom. The van der Waals surface area contributed by atoms with Gasteiger partial charge < -0.3 is 9.47 Å². The molecule has 0 aromatic heterocycles. The van der Waals surface area contributed by atoms with Crippen LogP contribution in [-0.4, -0.2) is 17.5 Å². The first kappa shape index (κ1) is 15.0. The number of cyclic esters (lactones) is 1. The molecule has 1 heterocycles. The van der Waals surface area contributed by atoms with Gasteiger partial charge in [-0.05, 0) is 6.92 Å². The lowest BCUT2D eigenvalue weighted by Crippen LogP contribution is -2.35. The van der Waals surface area contributed by atoms with Crippen molar-refractivity contribution in [2.75, 3.05) is 0 Å². The van der Waals surface area contributed by atoms with Crippen molar-refractivity contribution in [3.63, 3.8) is 0 Å². The van der Waals surface area contributed by atoms with E-state index < -0.39 is 11.8 Å². The van der Waals surface area contributed by atoms with E-state index in [9.17, 15) is 14.4 Å². The molecule has 21 heavy (non-hydrogen) atoms. The summed E-state index contributed by atoms with van der Waals surface area (Å²) in [4.78, 5) is 34.3. The van der Waals surface area contributed by atoms with E-state index in [1.54, 1.807) is 31.2 Å². The molecule has 1 atom stereocenters. The third kappa shape index (κ3) is 3.78. The van der Waals surface area contributed by atoms with Crippen LogP contribution < -0.4 is 0 Å². The normalized spacial score (nSPS) is 21.0. The van der Waals surface area contributed by atoms with Crippen molar-refractivity contribution >= 4 is 17.5 Å². The molecule has 5 nitrogen and oxygen atoms in total. The molecule has 0 spiro atoms. The lowest BCUT2D eigenvalue weighted by molar-refractivity contribution is -0.219. The highest BCUT2D eigenvalue weighted by Crippen LogP contribution is 2.33. The summed E-state index contributed by atoms with van der Waals surface area (Å²) in [5, 5.41) is 0. The zero-order valence-corrected chi connectivity index (χ0v) is 11.9. The molecule has 110 valence electrons. The number of allylic oxidation sites excluding steroid dienone is 1. The van der Waals surface area contributed by atoms with E-state index in [0.717, 1.165) is 6.08 Å². The quantitative estimate of drug-likeness (QED) is 0.614. The van der Waals surface area contributed by atoms with Crippen molar-refractivity contribution in [3.8, 4) is 0 Å². The molecule has 5 heteroatoms. The Hall–Kier alpha value is -2.43. The third-order valence-corrected chi connectivity index (χ3v) is 3.02. The molecule has 1 aromatic carbocycles. The average molecular weight is 288 g/mol. The Bertz CT molecular complexity index is 602. The number of hydrogen-bond acceptors (Lipinski definition) is 5. The van der Waals surface area contributed by atoms with E-state index in [1.807, 2.05) is 6.07 Å². The number of Topliss-reactive ketones (excluding diaryl/α,β-unsaturated/α-hetero) is 2. The van der Waals surface area contributed by atoms with E-state index in [-0.39, 0.29) is 30.2 Å². The van der Waals surface area contributed by atoms with E-state index in [1.165, 1.54) is 6.92 Å². The molecule has 0 bridgehead atoms. The Kier molecular flexibility index (Phi) is 4.21. The second-order valence-electron chi connectivity index (χ2n) is 5.04. The second-order valence-corrected chi connectivity index (χ2v) is 5.04. The van der Waals surface area contributed by atoms with Gasteiger partial charge in [0.05, 0.1) is 18.9 Å². The minimum Gasteiger partial charge on any atom is -0.452 e. The Balaban J connectivity index is 2.17. The van der Waals surface area contributed by atoms with Gasteiger partial charge in [-0.2, -0.15) is 0 Å². The zero-order valence-electron chi connectivity index (χ0n) is 11.9. The second kappa shape index (κ2) is 5.91. The summed E-state index contributed by atoms with van der Waals surface area (Å²) >= 11 is 0. The van der Waals surface area contributed by atoms with E-state index in [0.29, 0.717) is 5.56 Å². The zero-order chi connectivity index (χ0) is 15.5. The molecule has 0 saturated heterocycles. The van der Waals surface area contributed by atoms with Gasteiger partial charge in [-0.15, -0.1) is 0 Å². The molecule has 0 radical (unpaired) electrons.